The second-order valence-corrected chi connectivity index (χ2v) is 21.1. The number of hydrogen-bond donors (Lipinski definition) is 0. The van der Waals surface area contributed by atoms with Crippen LogP contribution in [0, 0.1) is 17.8 Å². The van der Waals surface area contributed by atoms with Gasteiger partial charge in [0.25, 0.3) is 0 Å². The maximum atomic E-state index is 8.69. The van der Waals surface area contributed by atoms with E-state index in [2.05, 4.69) is 92.4 Å². The van der Waals surface area contributed by atoms with Gasteiger partial charge in [-0.25, -0.2) is 15.0 Å². The first kappa shape index (κ1) is 26.2. The number of nitrogens with zero attached hydrogens (tertiary/aromatic N) is 3. The molecule has 4 aliphatic rings. The zero-order valence-corrected chi connectivity index (χ0v) is 30.1. The SMILES string of the molecule is [2H]c1c([2H])c([2H])c(-c2nc(-c3ccc([Si](C)(C)C)cc3)nc(-c3cccc(-c4cccc(-c5ccc(C67CC8CC(CC(C8)C6)C7)cc5)c4)c3)n2)c([2H])c1[2H]. The Balaban J connectivity index is 1.08. The second kappa shape index (κ2) is 12.3. The summed E-state index contributed by atoms with van der Waals surface area (Å²) in [5.74, 6) is 3.53. The Bertz CT molecular complexity index is 2390. The molecule has 4 aliphatic carbocycles. The van der Waals surface area contributed by atoms with Gasteiger partial charge in [-0.1, -0.05) is 140 Å². The molecular weight excluding hydrogens is 623 g/mol. The van der Waals surface area contributed by atoms with Crippen LogP contribution in [0.4, 0.5) is 0 Å². The fourth-order valence-electron chi connectivity index (χ4n) is 9.42. The number of hydrogen-bond acceptors (Lipinski definition) is 3. The molecular formula is C46H45N3Si. The van der Waals surface area contributed by atoms with Gasteiger partial charge in [-0.15, -0.1) is 0 Å². The first-order valence-electron chi connectivity index (χ1n) is 20.6. The third kappa shape index (κ3) is 5.94. The van der Waals surface area contributed by atoms with Crippen LogP contribution in [-0.2, 0) is 5.41 Å². The summed E-state index contributed by atoms with van der Waals surface area (Å²) in [5.41, 5.74) is 7.78. The van der Waals surface area contributed by atoms with Gasteiger partial charge < -0.3 is 0 Å². The summed E-state index contributed by atoms with van der Waals surface area (Å²) >= 11 is 0. The van der Waals surface area contributed by atoms with Crippen LogP contribution < -0.4 is 5.19 Å². The zero-order valence-electron chi connectivity index (χ0n) is 34.1. The summed E-state index contributed by atoms with van der Waals surface area (Å²) in [7, 11) is -1.56. The Morgan fingerprint density at radius 3 is 1.54 bits per heavy atom. The average molecular weight is 673 g/mol. The minimum Gasteiger partial charge on any atom is -0.208 e. The third-order valence-corrected chi connectivity index (χ3v) is 13.6. The van der Waals surface area contributed by atoms with Crippen molar-refractivity contribution in [2.45, 2.75) is 63.6 Å². The molecule has 4 heteroatoms. The smallest absolute Gasteiger partial charge is 0.164 e. The van der Waals surface area contributed by atoms with Crippen molar-refractivity contribution in [2.75, 3.05) is 0 Å². The summed E-state index contributed by atoms with van der Waals surface area (Å²) in [4.78, 5) is 14.4. The molecule has 0 atom stereocenters. The molecule has 0 unspecified atom stereocenters. The van der Waals surface area contributed by atoms with Gasteiger partial charge in [0.15, 0.2) is 17.5 Å². The van der Waals surface area contributed by atoms with Crippen molar-refractivity contribution in [3.63, 3.8) is 0 Å². The lowest BCUT2D eigenvalue weighted by molar-refractivity contribution is -0.00518. The monoisotopic (exact) mass is 672 g/mol. The predicted octanol–water partition coefficient (Wildman–Crippen LogP) is 11.2. The van der Waals surface area contributed by atoms with Gasteiger partial charge in [0.2, 0.25) is 0 Å². The first-order chi connectivity index (χ1) is 26.3. The fourth-order valence-corrected chi connectivity index (χ4v) is 10.6. The Hall–Kier alpha value is -4.67. The lowest BCUT2D eigenvalue weighted by Crippen LogP contribution is -2.48. The standard InChI is InChI=1S/C46H45N3Si/c1-50(2,3)42-21-17-36(18-22-42)44-47-43(35-9-5-4-6-10-35)48-45(49-44)40-14-8-13-39(27-40)38-12-7-11-37(26-38)34-15-19-41(20-16-34)46-28-31-23-32(29-46)25-33(24-31)30-46/h4-22,26-27,31-33H,23-25,28-30H2,1-3H3/i4D,5D,6D,9D,10D. The van der Waals surface area contributed by atoms with Gasteiger partial charge in [0, 0.05) is 16.7 Å². The Labute approximate surface area is 305 Å². The Kier molecular flexibility index (Phi) is 6.43. The molecule has 10 rings (SSSR count). The van der Waals surface area contributed by atoms with Gasteiger partial charge in [-0.05, 0) is 102 Å². The highest BCUT2D eigenvalue weighted by Gasteiger charge is 2.51. The highest BCUT2D eigenvalue weighted by Crippen LogP contribution is 2.60. The summed E-state index contributed by atoms with van der Waals surface area (Å²) in [6.45, 7) is 6.88. The van der Waals surface area contributed by atoms with E-state index in [-0.39, 0.29) is 23.5 Å². The molecule has 0 amide bonds. The predicted molar refractivity (Wildman–Crippen MR) is 210 cm³/mol. The highest BCUT2D eigenvalue weighted by atomic mass is 28.3. The van der Waals surface area contributed by atoms with Crippen molar-refractivity contribution in [3.8, 4) is 56.4 Å². The maximum Gasteiger partial charge on any atom is 0.164 e. The van der Waals surface area contributed by atoms with E-state index in [0.717, 1.165) is 45.6 Å². The summed E-state index contributed by atoms with van der Waals surface area (Å²) in [6, 6.07) is 32.3. The fraction of sp³-hybridized carbons (Fsp3) is 0.283. The summed E-state index contributed by atoms with van der Waals surface area (Å²) < 4.78 is 42.2. The quantitative estimate of drug-likeness (QED) is 0.158. The van der Waals surface area contributed by atoms with Crippen molar-refractivity contribution in [1.29, 1.82) is 0 Å². The first-order valence-corrected chi connectivity index (χ1v) is 21.6. The van der Waals surface area contributed by atoms with Crippen LogP contribution in [0.5, 0.6) is 0 Å². The van der Waals surface area contributed by atoms with Crippen molar-refractivity contribution in [3.05, 3.63) is 133 Å². The number of rotatable bonds is 7. The molecule has 4 saturated carbocycles. The van der Waals surface area contributed by atoms with Crippen LogP contribution in [0.3, 0.4) is 0 Å². The minimum absolute atomic E-state index is 0.0377. The van der Waals surface area contributed by atoms with E-state index < -0.39 is 26.2 Å². The number of aromatic nitrogens is 3. The van der Waals surface area contributed by atoms with Crippen LogP contribution >= 0.6 is 0 Å². The van der Waals surface area contributed by atoms with E-state index in [1.807, 2.05) is 24.3 Å². The van der Waals surface area contributed by atoms with E-state index in [1.54, 1.807) is 0 Å². The van der Waals surface area contributed by atoms with E-state index in [0.29, 0.717) is 17.1 Å². The van der Waals surface area contributed by atoms with Crippen molar-refractivity contribution < 1.29 is 6.85 Å². The molecule has 0 N–H and O–H groups in total. The summed E-state index contributed by atoms with van der Waals surface area (Å²) in [6.07, 6.45) is 8.44. The molecule has 4 fully saturated rings. The van der Waals surface area contributed by atoms with E-state index in [4.69, 9.17) is 21.8 Å². The molecule has 248 valence electrons. The molecule has 0 radical (unpaired) electrons. The molecule has 50 heavy (non-hydrogen) atoms. The molecule has 1 heterocycles. The lowest BCUT2D eigenvalue weighted by Gasteiger charge is -2.57. The molecule has 6 aromatic rings. The van der Waals surface area contributed by atoms with E-state index in [1.165, 1.54) is 54.8 Å². The van der Waals surface area contributed by atoms with Crippen LogP contribution in [0.25, 0.3) is 56.4 Å². The largest absolute Gasteiger partial charge is 0.208 e. The van der Waals surface area contributed by atoms with Crippen molar-refractivity contribution in [2.24, 2.45) is 17.8 Å². The molecule has 3 nitrogen and oxygen atoms in total. The highest BCUT2D eigenvalue weighted by molar-refractivity contribution is 6.88. The van der Waals surface area contributed by atoms with Crippen LogP contribution in [0.15, 0.2) is 127 Å². The van der Waals surface area contributed by atoms with E-state index >= 15 is 0 Å². The van der Waals surface area contributed by atoms with Crippen molar-refractivity contribution in [1.82, 2.24) is 15.0 Å². The van der Waals surface area contributed by atoms with Gasteiger partial charge in [0.1, 0.15) is 0 Å². The maximum absolute atomic E-state index is 8.69. The summed E-state index contributed by atoms with van der Waals surface area (Å²) in [5, 5.41) is 1.30. The molecule has 0 aliphatic heterocycles. The topological polar surface area (TPSA) is 38.7 Å². The Morgan fingerprint density at radius 1 is 0.520 bits per heavy atom. The van der Waals surface area contributed by atoms with Gasteiger partial charge in [-0.2, -0.15) is 0 Å². The minimum atomic E-state index is -1.56. The second-order valence-electron chi connectivity index (χ2n) is 16.1. The molecule has 1 aromatic heterocycles. The van der Waals surface area contributed by atoms with Gasteiger partial charge in [0.05, 0.1) is 14.9 Å². The molecule has 5 aromatic carbocycles. The molecule has 0 spiro atoms. The van der Waals surface area contributed by atoms with E-state index in [9.17, 15) is 0 Å². The molecule has 4 bridgehead atoms. The third-order valence-electron chi connectivity index (χ3n) is 11.6. The van der Waals surface area contributed by atoms with Crippen LogP contribution in [0.1, 0.15) is 50.9 Å². The van der Waals surface area contributed by atoms with Crippen LogP contribution in [-0.4, -0.2) is 23.0 Å². The Morgan fingerprint density at radius 2 is 0.980 bits per heavy atom. The lowest BCUT2D eigenvalue weighted by atomic mass is 9.48. The number of benzene rings is 5. The zero-order chi connectivity index (χ0) is 38.2. The van der Waals surface area contributed by atoms with Gasteiger partial charge >= 0.3 is 0 Å². The molecule has 0 saturated heterocycles. The normalized spacial score (nSPS) is 23.9. The van der Waals surface area contributed by atoms with Crippen LogP contribution in [0.2, 0.25) is 19.6 Å². The van der Waals surface area contributed by atoms with Crippen molar-refractivity contribution >= 4 is 13.3 Å². The van der Waals surface area contributed by atoms with Gasteiger partial charge in [-0.3, -0.25) is 0 Å². The average Bonchev–Trinajstić information content (AvgIpc) is 3.19.